The van der Waals surface area contributed by atoms with E-state index in [0.29, 0.717) is 10.8 Å². The fourth-order valence-electron chi connectivity index (χ4n) is 1.72. The Balaban J connectivity index is 2.01. The molecule has 1 aliphatic rings. The number of rotatable bonds is 3. The summed E-state index contributed by atoms with van der Waals surface area (Å²) in [5.41, 5.74) is 0. The number of nitrogens with one attached hydrogen (secondary N) is 1. The molecular weight excluding hydrogens is 265 g/mol. The van der Waals surface area contributed by atoms with Crippen LogP contribution in [0.5, 0.6) is 0 Å². The average Bonchev–Trinajstić information content (AvgIpc) is 2.67. The Morgan fingerprint density at radius 3 is 3.06 bits per heavy atom. The van der Waals surface area contributed by atoms with Crippen LogP contribution in [0, 0.1) is 0 Å². The monoisotopic (exact) mass is 277 g/mol. The smallest absolute Gasteiger partial charge is 0.224 e. The van der Waals surface area contributed by atoms with Crippen LogP contribution in [0.1, 0.15) is 19.8 Å². The van der Waals surface area contributed by atoms with Crippen LogP contribution in [-0.4, -0.2) is 27.0 Å². The van der Waals surface area contributed by atoms with Gasteiger partial charge in [0.2, 0.25) is 5.28 Å². The van der Waals surface area contributed by atoms with Gasteiger partial charge in [-0.25, -0.2) is 4.98 Å². The maximum atomic E-state index is 5.97. The van der Waals surface area contributed by atoms with E-state index in [2.05, 4.69) is 22.2 Å². The molecule has 1 N–H and O–H groups in total. The lowest BCUT2D eigenvalue weighted by Crippen LogP contribution is -2.27. The van der Waals surface area contributed by atoms with Crippen LogP contribution >= 0.6 is 35.0 Å². The molecule has 0 amide bonds. The van der Waals surface area contributed by atoms with Crippen LogP contribution in [0.4, 0.5) is 5.82 Å². The van der Waals surface area contributed by atoms with Crippen molar-refractivity contribution in [2.45, 2.75) is 24.5 Å². The third-order valence-corrected chi connectivity index (χ3v) is 4.64. The highest BCUT2D eigenvalue weighted by Gasteiger charge is 2.29. The van der Waals surface area contributed by atoms with E-state index in [0.717, 1.165) is 6.54 Å². The van der Waals surface area contributed by atoms with Gasteiger partial charge in [-0.2, -0.15) is 16.7 Å². The zero-order chi connectivity index (χ0) is 11.6. The molecule has 0 aromatic carbocycles. The van der Waals surface area contributed by atoms with Crippen molar-refractivity contribution in [3.63, 3.8) is 0 Å². The molecule has 1 aromatic heterocycles. The minimum absolute atomic E-state index is 0.219. The van der Waals surface area contributed by atoms with Crippen molar-refractivity contribution in [3.8, 4) is 0 Å². The van der Waals surface area contributed by atoms with Gasteiger partial charge in [0.05, 0.1) is 6.20 Å². The van der Waals surface area contributed by atoms with E-state index in [1.807, 2.05) is 11.8 Å². The second-order valence-corrected chi connectivity index (χ2v) is 6.52. The summed E-state index contributed by atoms with van der Waals surface area (Å²) in [5.74, 6) is 1.85. The number of nitrogens with zero attached hydrogens (tertiary/aromatic N) is 2. The topological polar surface area (TPSA) is 37.8 Å². The number of hydrogen-bond donors (Lipinski definition) is 1. The molecule has 0 radical (unpaired) electrons. The number of halogens is 2. The molecule has 0 saturated carbocycles. The molecule has 0 spiro atoms. The zero-order valence-electron chi connectivity index (χ0n) is 8.96. The van der Waals surface area contributed by atoms with Crippen LogP contribution in [0.3, 0.4) is 0 Å². The van der Waals surface area contributed by atoms with Crippen LogP contribution in [0.15, 0.2) is 6.20 Å². The predicted octanol–water partition coefficient (Wildman–Crippen LogP) is 3.48. The molecule has 16 heavy (non-hydrogen) atoms. The van der Waals surface area contributed by atoms with Gasteiger partial charge in [-0.3, -0.25) is 0 Å². The van der Waals surface area contributed by atoms with Gasteiger partial charge in [-0.05, 0) is 37.1 Å². The molecule has 6 heteroatoms. The highest BCUT2D eigenvalue weighted by atomic mass is 35.5. The van der Waals surface area contributed by atoms with Gasteiger partial charge in [0.1, 0.15) is 10.8 Å². The van der Waals surface area contributed by atoms with E-state index in [4.69, 9.17) is 23.2 Å². The standard InChI is InChI=1S/C10H13Cl2N3S/c1-10(3-2-4-16-10)6-14-8-7(11)5-13-9(12)15-8/h5H,2-4,6H2,1H3,(H,13,14,15). The summed E-state index contributed by atoms with van der Waals surface area (Å²) in [5, 5.41) is 3.98. The van der Waals surface area contributed by atoms with Crippen LogP contribution in [0.2, 0.25) is 10.3 Å². The molecule has 1 saturated heterocycles. The van der Waals surface area contributed by atoms with Crippen LogP contribution in [0.25, 0.3) is 0 Å². The predicted molar refractivity (Wildman–Crippen MR) is 70.6 cm³/mol. The minimum atomic E-state index is 0.219. The fourth-order valence-corrected chi connectivity index (χ4v) is 3.25. The summed E-state index contributed by atoms with van der Waals surface area (Å²) in [4.78, 5) is 7.88. The number of aromatic nitrogens is 2. The fraction of sp³-hybridized carbons (Fsp3) is 0.600. The van der Waals surface area contributed by atoms with Gasteiger partial charge < -0.3 is 5.32 Å². The van der Waals surface area contributed by atoms with Gasteiger partial charge in [0.25, 0.3) is 0 Å². The molecule has 0 aliphatic carbocycles. The Hall–Kier alpha value is -0.190. The highest BCUT2D eigenvalue weighted by molar-refractivity contribution is 8.00. The highest BCUT2D eigenvalue weighted by Crippen LogP contribution is 2.37. The summed E-state index contributed by atoms with van der Waals surface area (Å²) >= 11 is 13.7. The first-order valence-electron chi connectivity index (χ1n) is 5.15. The quantitative estimate of drug-likeness (QED) is 0.859. The lowest BCUT2D eigenvalue weighted by molar-refractivity contribution is 0.633. The van der Waals surface area contributed by atoms with E-state index in [1.165, 1.54) is 24.8 Å². The van der Waals surface area contributed by atoms with Crippen molar-refractivity contribution in [1.82, 2.24) is 9.97 Å². The second kappa shape index (κ2) is 4.98. The van der Waals surface area contributed by atoms with Crippen molar-refractivity contribution >= 4 is 40.8 Å². The van der Waals surface area contributed by atoms with Gasteiger partial charge >= 0.3 is 0 Å². The summed E-state index contributed by atoms with van der Waals surface area (Å²) in [7, 11) is 0. The summed E-state index contributed by atoms with van der Waals surface area (Å²) in [6.07, 6.45) is 4.02. The third kappa shape index (κ3) is 2.93. The lowest BCUT2D eigenvalue weighted by atomic mass is 10.1. The first kappa shape index (κ1) is 12.3. The lowest BCUT2D eigenvalue weighted by Gasteiger charge is -2.23. The van der Waals surface area contributed by atoms with Crippen molar-refractivity contribution in [3.05, 3.63) is 16.5 Å². The Bertz CT molecular complexity index is 380. The molecular formula is C10H13Cl2N3S. The van der Waals surface area contributed by atoms with E-state index >= 15 is 0 Å². The Morgan fingerprint density at radius 1 is 1.56 bits per heavy atom. The second-order valence-electron chi connectivity index (χ2n) is 4.09. The largest absolute Gasteiger partial charge is 0.367 e. The Labute approximate surface area is 109 Å². The summed E-state index contributed by atoms with van der Waals surface area (Å²) < 4.78 is 0.279. The van der Waals surface area contributed by atoms with Gasteiger partial charge in [-0.15, -0.1) is 0 Å². The van der Waals surface area contributed by atoms with E-state index in [9.17, 15) is 0 Å². The van der Waals surface area contributed by atoms with Gasteiger partial charge in [0, 0.05) is 11.3 Å². The number of thioether (sulfide) groups is 1. The van der Waals surface area contributed by atoms with Crippen molar-refractivity contribution in [2.75, 3.05) is 17.6 Å². The summed E-state index contributed by atoms with van der Waals surface area (Å²) in [6.45, 7) is 3.11. The maximum absolute atomic E-state index is 5.97. The molecule has 1 atom stereocenters. The summed E-state index contributed by atoms with van der Waals surface area (Å²) in [6, 6.07) is 0. The molecule has 88 valence electrons. The normalized spacial score (nSPS) is 24.7. The first-order chi connectivity index (χ1) is 7.59. The zero-order valence-corrected chi connectivity index (χ0v) is 11.3. The molecule has 3 nitrogen and oxygen atoms in total. The van der Waals surface area contributed by atoms with Crippen molar-refractivity contribution in [2.24, 2.45) is 0 Å². The Kier molecular flexibility index (Phi) is 3.82. The van der Waals surface area contributed by atoms with Crippen LogP contribution < -0.4 is 5.32 Å². The van der Waals surface area contributed by atoms with Crippen LogP contribution in [-0.2, 0) is 0 Å². The third-order valence-electron chi connectivity index (χ3n) is 2.64. The molecule has 0 bridgehead atoms. The van der Waals surface area contributed by atoms with E-state index in [1.54, 1.807) is 0 Å². The number of hydrogen-bond acceptors (Lipinski definition) is 4. The molecule has 1 aliphatic heterocycles. The van der Waals surface area contributed by atoms with Crippen molar-refractivity contribution < 1.29 is 0 Å². The SMILES string of the molecule is CC1(CNc2nc(Cl)ncc2Cl)CCCS1. The first-order valence-corrected chi connectivity index (χ1v) is 6.89. The van der Waals surface area contributed by atoms with Gasteiger partial charge in [0.15, 0.2) is 0 Å². The minimum Gasteiger partial charge on any atom is -0.367 e. The molecule has 1 fully saturated rings. The van der Waals surface area contributed by atoms with E-state index < -0.39 is 0 Å². The van der Waals surface area contributed by atoms with Gasteiger partial charge in [-0.1, -0.05) is 11.6 Å². The van der Waals surface area contributed by atoms with E-state index in [-0.39, 0.29) is 10.0 Å². The molecule has 2 rings (SSSR count). The molecule has 1 unspecified atom stereocenters. The number of anilines is 1. The molecule has 2 heterocycles. The average molecular weight is 278 g/mol. The maximum Gasteiger partial charge on any atom is 0.224 e. The molecule has 1 aromatic rings. The Morgan fingerprint density at radius 2 is 2.38 bits per heavy atom. The van der Waals surface area contributed by atoms with Crippen molar-refractivity contribution in [1.29, 1.82) is 0 Å².